The van der Waals surface area contributed by atoms with Crippen LogP contribution in [0.4, 0.5) is 0 Å². The van der Waals surface area contributed by atoms with Crippen LogP contribution in [0.25, 0.3) is 0 Å². The van der Waals surface area contributed by atoms with E-state index in [-0.39, 0.29) is 6.10 Å². The molecule has 22 heavy (non-hydrogen) atoms. The molecule has 122 valence electrons. The zero-order valence-corrected chi connectivity index (χ0v) is 13.5. The molecule has 3 atom stereocenters. The molecule has 1 heterocycles. The number of hydrogen-bond acceptors (Lipinski definition) is 4. The molecular weight excluding hydrogens is 302 g/mol. The van der Waals surface area contributed by atoms with E-state index in [9.17, 15) is 5.11 Å². The topological polar surface area (TPSA) is 41.9 Å². The average Bonchev–Trinajstić information content (AvgIpc) is 2.96. The number of morpholine rings is 1. The van der Waals surface area contributed by atoms with Crippen LogP contribution in [0.15, 0.2) is 24.3 Å². The van der Waals surface area contributed by atoms with E-state index in [2.05, 4.69) is 4.90 Å². The highest BCUT2D eigenvalue weighted by Gasteiger charge is 2.37. The Labute approximate surface area is 137 Å². The van der Waals surface area contributed by atoms with Crippen molar-refractivity contribution in [1.82, 2.24) is 4.90 Å². The summed E-state index contributed by atoms with van der Waals surface area (Å²) in [6.07, 6.45) is 2.95. The lowest BCUT2D eigenvalue weighted by atomic mass is 9.94. The second-order valence-corrected chi connectivity index (χ2v) is 6.53. The summed E-state index contributed by atoms with van der Waals surface area (Å²) < 4.78 is 11.4. The van der Waals surface area contributed by atoms with Gasteiger partial charge in [-0.05, 0) is 25.0 Å². The molecule has 0 spiro atoms. The molecule has 0 radical (unpaired) electrons. The molecule has 1 aliphatic heterocycles. The summed E-state index contributed by atoms with van der Waals surface area (Å²) in [5, 5.41) is 10.8. The van der Waals surface area contributed by atoms with Crippen molar-refractivity contribution in [3.63, 3.8) is 0 Å². The molecular formula is C17H24ClNO3. The molecule has 3 rings (SSSR count). The summed E-state index contributed by atoms with van der Waals surface area (Å²) in [7, 11) is 0. The van der Waals surface area contributed by atoms with Crippen LogP contribution in [-0.4, -0.2) is 55.1 Å². The number of aliphatic hydroxyl groups excluding tert-OH is 1. The van der Waals surface area contributed by atoms with Gasteiger partial charge in [-0.2, -0.15) is 0 Å². The Hall–Kier alpha value is -0.810. The van der Waals surface area contributed by atoms with Crippen LogP contribution in [0.1, 0.15) is 19.3 Å². The first-order valence-electron chi connectivity index (χ1n) is 8.13. The lowest BCUT2D eigenvalue weighted by Gasteiger charge is -2.40. The Kier molecular flexibility index (Phi) is 5.58. The van der Waals surface area contributed by atoms with E-state index in [1.54, 1.807) is 0 Å². The third-order valence-corrected chi connectivity index (χ3v) is 5.09. The van der Waals surface area contributed by atoms with Crippen LogP contribution in [0.3, 0.4) is 0 Å². The van der Waals surface area contributed by atoms with Crippen molar-refractivity contribution in [3.05, 3.63) is 29.3 Å². The van der Waals surface area contributed by atoms with Crippen molar-refractivity contribution >= 4 is 11.6 Å². The molecule has 4 nitrogen and oxygen atoms in total. The third kappa shape index (κ3) is 3.74. The van der Waals surface area contributed by atoms with Crippen molar-refractivity contribution in [1.29, 1.82) is 0 Å². The fraction of sp³-hybridized carbons (Fsp3) is 0.647. The smallest absolute Gasteiger partial charge is 0.137 e. The highest BCUT2D eigenvalue weighted by atomic mass is 35.5. The molecule has 0 aromatic heterocycles. The first-order chi connectivity index (χ1) is 10.8. The van der Waals surface area contributed by atoms with E-state index < -0.39 is 0 Å². The van der Waals surface area contributed by atoms with Crippen molar-refractivity contribution in [2.45, 2.75) is 31.4 Å². The fourth-order valence-electron chi connectivity index (χ4n) is 3.58. The van der Waals surface area contributed by atoms with Gasteiger partial charge in [0.05, 0.1) is 24.3 Å². The number of aliphatic hydroxyl groups is 1. The van der Waals surface area contributed by atoms with Gasteiger partial charge in [-0.25, -0.2) is 0 Å². The summed E-state index contributed by atoms with van der Waals surface area (Å²) in [4.78, 5) is 2.40. The van der Waals surface area contributed by atoms with Crippen LogP contribution in [0, 0.1) is 5.92 Å². The van der Waals surface area contributed by atoms with Crippen LogP contribution < -0.4 is 4.74 Å². The van der Waals surface area contributed by atoms with E-state index in [4.69, 9.17) is 21.1 Å². The maximum atomic E-state index is 10.2. The van der Waals surface area contributed by atoms with E-state index >= 15 is 0 Å². The molecule has 0 bridgehead atoms. The molecule has 1 aromatic rings. The number of rotatable bonds is 5. The van der Waals surface area contributed by atoms with Gasteiger partial charge in [0.2, 0.25) is 0 Å². The van der Waals surface area contributed by atoms with Gasteiger partial charge in [-0.3, -0.25) is 4.90 Å². The molecule has 2 aliphatic rings. The Morgan fingerprint density at radius 1 is 1.32 bits per heavy atom. The van der Waals surface area contributed by atoms with Gasteiger partial charge in [0.15, 0.2) is 0 Å². The fourth-order valence-corrected chi connectivity index (χ4v) is 3.77. The van der Waals surface area contributed by atoms with Gasteiger partial charge < -0.3 is 14.6 Å². The molecule has 5 heteroatoms. The summed E-state index contributed by atoms with van der Waals surface area (Å²) in [6, 6.07) is 7.85. The lowest BCUT2D eigenvalue weighted by molar-refractivity contribution is -0.0532. The summed E-state index contributed by atoms with van der Waals surface area (Å²) in [5.41, 5.74) is 0. The third-order valence-electron chi connectivity index (χ3n) is 4.78. The van der Waals surface area contributed by atoms with Crippen molar-refractivity contribution in [2.24, 2.45) is 5.92 Å². The van der Waals surface area contributed by atoms with Gasteiger partial charge >= 0.3 is 0 Å². The van der Waals surface area contributed by atoms with Gasteiger partial charge in [0, 0.05) is 25.0 Å². The monoisotopic (exact) mass is 325 g/mol. The molecule has 1 saturated carbocycles. The van der Waals surface area contributed by atoms with Gasteiger partial charge in [0.1, 0.15) is 12.4 Å². The normalized spacial score (nSPS) is 29.6. The molecule has 1 aliphatic carbocycles. The van der Waals surface area contributed by atoms with E-state index in [0.29, 0.717) is 30.2 Å². The number of hydrogen-bond donors (Lipinski definition) is 1. The maximum Gasteiger partial charge on any atom is 0.137 e. The Bertz CT molecular complexity index is 485. The second-order valence-electron chi connectivity index (χ2n) is 6.12. The number of para-hydroxylation sites is 1. The summed E-state index contributed by atoms with van der Waals surface area (Å²) in [5.74, 6) is 1.07. The zero-order chi connectivity index (χ0) is 15.4. The predicted octanol–water partition coefficient (Wildman–Crippen LogP) is 2.58. The number of nitrogens with zero attached hydrogens (tertiary/aromatic N) is 1. The zero-order valence-electron chi connectivity index (χ0n) is 12.8. The molecule has 1 aromatic carbocycles. The minimum atomic E-state index is -0.182. The minimum Gasteiger partial charge on any atom is -0.491 e. The highest BCUT2D eigenvalue weighted by Crippen LogP contribution is 2.32. The maximum absolute atomic E-state index is 10.2. The Morgan fingerprint density at radius 2 is 2.18 bits per heavy atom. The van der Waals surface area contributed by atoms with Crippen molar-refractivity contribution in [3.8, 4) is 5.75 Å². The standard InChI is InChI=1S/C17H24ClNO3/c18-14-5-1-2-7-17(14)22-11-9-19-8-10-21-12-15(19)13-4-3-6-16(13)20/h1-2,5,7,13,15-16,20H,3-4,6,8-12H2/t13-,15-,16+/m0/s1. The first kappa shape index (κ1) is 16.1. The summed E-state index contributed by atoms with van der Waals surface area (Å²) in [6.45, 7) is 3.81. The van der Waals surface area contributed by atoms with Gasteiger partial charge in [0.25, 0.3) is 0 Å². The highest BCUT2D eigenvalue weighted by molar-refractivity contribution is 6.32. The lowest BCUT2D eigenvalue weighted by Crippen LogP contribution is -2.52. The first-order valence-corrected chi connectivity index (χ1v) is 8.50. The van der Waals surface area contributed by atoms with E-state index in [1.807, 2.05) is 24.3 Å². The Balaban J connectivity index is 1.54. The SMILES string of the molecule is O[C@@H]1CCC[C@H]1[C@@H]1COCCN1CCOc1ccccc1Cl. The van der Waals surface area contributed by atoms with Gasteiger partial charge in [-0.15, -0.1) is 0 Å². The number of ether oxygens (including phenoxy) is 2. The number of halogens is 1. The van der Waals surface area contributed by atoms with Crippen LogP contribution in [0.5, 0.6) is 5.75 Å². The van der Waals surface area contributed by atoms with Crippen molar-refractivity contribution < 1.29 is 14.6 Å². The molecule has 0 amide bonds. The van der Waals surface area contributed by atoms with Crippen LogP contribution >= 0.6 is 11.6 Å². The minimum absolute atomic E-state index is 0.182. The van der Waals surface area contributed by atoms with E-state index in [1.165, 1.54) is 0 Å². The largest absolute Gasteiger partial charge is 0.491 e. The average molecular weight is 326 g/mol. The predicted molar refractivity (Wildman–Crippen MR) is 86.5 cm³/mol. The number of benzene rings is 1. The molecule has 0 unspecified atom stereocenters. The molecule has 1 saturated heterocycles. The molecule has 1 N–H and O–H groups in total. The second kappa shape index (κ2) is 7.64. The Morgan fingerprint density at radius 3 is 2.95 bits per heavy atom. The van der Waals surface area contributed by atoms with Crippen LogP contribution in [-0.2, 0) is 4.74 Å². The quantitative estimate of drug-likeness (QED) is 0.903. The van der Waals surface area contributed by atoms with Gasteiger partial charge in [-0.1, -0.05) is 30.2 Å². The van der Waals surface area contributed by atoms with E-state index in [0.717, 1.165) is 44.7 Å². The summed E-state index contributed by atoms with van der Waals surface area (Å²) >= 11 is 6.11. The van der Waals surface area contributed by atoms with Crippen molar-refractivity contribution in [2.75, 3.05) is 32.9 Å². The molecule has 2 fully saturated rings. The van der Waals surface area contributed by atoms with Crippen LogP contribution in [0.2, 0.25) is 5.02 Å².